The highest BCUT2D eigenvalue weighted by molar-refractivity contribution is 5.89. The number of para-hydroxylation sites is 1. The summed E-state index contributed by atoms with van der Waals surface area (Å²) in [4.78, 5) is 15.3. The van der Waals surface area contributed by atoms with Gasteiger partial charge in [-0.1, -0.05) is 153 Å². The second kappa shape index (κ2) is 20.1. The first-order valence-corrected chi connectivity index (χ1v) is 20.8. The summed E-state index contributed by atoms with van der Waals surface area (Å²) in [5.74, 6) is 1.49. The fourth-order valence-corrected chi connectivity index (χ4v) is 7.73. The van der Waals surface area contributed by atoms with E-state index in [2.05, 4.69) is 132 Å². The van der Waals surface area contributed by atoms with Gasteiger partial charge in [0, 0.05) is 43.3 Å². The minimum Gasteiger partial charge on any atom is -0.457 e. The molecule has 0 bridgehead atoms. The zero-order valence-corrected chi connectivity index (χ0v) is 34.3. The molecule has 1 heterocycles. The van der Waals surface area contributed by atoms with Gasteiger partial charge >= 0.3 is 6.03 Å². The molecule has 3 N–H and O–H groups in total. The number of aliphatic hydroxyl groups is 1. The third-order valence-corrected chi connectivity index (χ3v) is 11.0. The Hall–Kier alpha value is -6.55. The molecule has 1 aliphatic rings. The second-order valence-corrected chi connectivity index (χ2v) is 15.5. The molecule has 0 aromatic heterocycles. The van der Waals surface area contributed by atoms with E-state index in [1.165, 1.54) is 11.1 Å². The minimum absolute atomic E-state index is 0.00758. The molecule has 1 aliphatic heterocycles. The van der Waals surface area contributed by atoms with E-state index in [-0.39, 0.29) is 30.8 Å². The first-order chi connectivity index (χ1) is 30.0. The molecule has 8 rings (SSSR count). The van der Waals surface area contributed by atoms with Crippen molar-refractivity contribution in [2.45, 2.75) is 51.7 Å². The van der Waals surface area contributed by atoms with E-state index in [0.29, 0.717) is 24.5 Å². The van der Waals surface area contributed by atoms with Crippen LogP contribution in [-0.4, -0.2) is 28.7 Å². The fourth-order valence-electron chi connectivity index (χ4n) is 7.73. The lowest BCUT2D eigenvalue weighted by Gasteiger charge is -2.43. The lowest BCUT2D eigenvalue weighted by Crippen LogP contribution is -2.44. The quantitative estimate of drug-likeness (QED) is 0.0955. The molecule has 1 fully saturated rings. The molecule has 61 heavy (non-hydrogen) atoms. The lowest BCUT2D eigenvalue weighted by molar-refractivity contribution is -0.276. The Kier molecular flexibility index (Phi) is 13.6. The van der Waals surface area contributed by atoms with Crippen molar-refractivity contribution in [2.24, 2.45) is 5.92 Å². The van der Waals surface area contributed by atoms with Gasteiger partial charge in [0.25, 0.3) is 0 Å². The standard InChI is InChI=1S/C53H51N3O5/c1-38-50(36-56(34-39-12-5-2-6-13-39)35-40-14-7-3-8-15-40)60-52(61-51(38)44-22-20-41(37-57)21-23-44)45-26-24-43(25-27-45)46-17-11-16-42(32-46)33-54-53(58)55-47-28-30-49(31-29-47)59-48-18-9-4-10-19-48/h2-32,38,50-52,57H,33-37H2,1H3,(H2,54,55,58). The summed E-state index contributed by atoms with van der Waals surface area (Å²) in [7, 11) is 0. The van der Waals surface area contributed by atoms with Crippen LogP contribution in [0, 0.1) is 5.92 Å². The molecule has 4 atom stereocenters. The number of nitrogens with zero attached hydrogens (tertiary/aromatic N) is 1. The Morgan fingerprint density at radius 3 is 1.84 bits per heavy atom. The van der Waals surface area contributed by atoms with Gasteiger partial charge in [0.05, 0.1) is 18.8 Å². The smallest absolute Gasteiger partial charge is 0.319 e. The first kappa shape index (κ1) is 41.2. The van der Waals surface area contributed by atoms with Crippen LogP contribution in [-0.2, 0) is 35.7 Å². The van der Waals surface area contributed by atoms with E-state index < -0.39 is 6.29 Å². The first-order valence-electron chi connectivity index (χ1n) is 20.8. The molecule has 2 amide bonds. The molecule has 1 saturated heterocycles. The molecule has 0 aliphatic carbocycles. The van der Waals surface area contributed by atoms with Crippen molar-refractivity contribution in [3.05, 3.63) is 221 Å². The van der Waals surface area contributed by atoms with Gasteiger partial charge in [-0.15, -0.1) is 0 Å². The number of hydrogen-bond acceptors (Lipinski definition) is 6. The number of carbonyl (C=O) groups is 1. The molecule has 8 nitrogen and oxygen atoms in total. The average Bonchev–Trinajstić information content (AvgIpc) is 3.31. The van der Waals surface area contributed by atoms with Gasteiger partial charge < -0.3 is 30.0 Å². The van der Waals surface area contributed by atoms with Crippen LogP contribution in [0.2, 0.25) is 0 Å². The maximum atomic E-state index is 12.8. The number of amides is 2. The van der Waals surface area contributed by atoms with Crippen LogP contribution >= 0.6 is 0 Å². The molecule has 0 radical (unpaired) electrons. The van der Waals surface area contributed by atoms with E-state index >= 15 is 0 Å². The van der Waals surface area contributed by atoms with E-state index in [1.54, 1.807) is 0 Å². The molecule has 7 aromatic rings. The molecule has 308 valence electrons. The Balaban J connectivity index is 0.945. The third kappa shape index (κ3) is 11.2. The molecule has 7 aromatic carbocycles. The number of anilines is 1. The number of hydrogen-bond donors (Lipinski definition) is 3. The number of ether oxygens (including phenoxy) is 3. The van der Waals surface area contributed by atoms with Crippen LogP contribution in [0.3, 0.4) is 0 Å². The third-order valence-electron chi connectivity index (χ3n) is 11.0. The van der Waals surface area contributed by atoms with Gasteiger partial charge in [-0.05, 0) is 81.4 Å². The summed E-state index contributed by atoms with van der Waals surface area (Å²) in [5, 5.41) is 15.6. The second-order valence-electron chi connectivity index (χ2n) is 15.5. The normalized spacial score (nSPS) is 17.4. The topological polar surface area (TPSA) is 92.3 Å². The Labute approximate surface area is 358 Å². The van der Waals surface area contributed by atoms with Crippen molar-refractivity contribution in [2.75, 3.05) is 11.9 Å². The van der Waals surface area contributed by atoms with Gasteiger partial charge in [-0.3, -0.25) is 4.90 Å². The monoisotopic (exact) mass is 809 g/mol. The number of carbonyl (C=O) groups excluding carboxylic acids is 1. The van der Waals surface area contributed by atoms with Crippen molar-refractivity contribution < 1.29 is 24.1 Å². The SMILES string of the molecule is CC1C(CN(Cc2ccccc2)Cc2ccccc2)OC(c2ccc(-c3cccc(CNC(=O)Nc4ccc(Oc5ccccc5)cc4)c3)cc2)OC1c1ccc(CO)cc1. The fraction of sp³-hybridized carbons (Fsp3) is 0.189. The van der Waals surface area contributed by atoms with Gasteiger partial charge in [-0.2, -0.15) is 0 Å². The predicted octanol–water partition coefficient (Wildman–Crippen LogP) is 11.5. The Morgan fingerprint density at radius 2 is 1.20 bits per heavy atom. The van der Waals surface area contributed by atoms with Crippen LogP contribution < -0.4 is 15.4 Å². The van der Waals surface area contributed by atoms with E-state index in [9.17, 15) is 9.90 Å². The number of aliphatic hydroxyl groups excluding tert-OH is 1. The number of rotatable bonds is 15. The van der Waals surface area contributed by atoms with Crippen LogP contribution in [0.15, 0.2) is 188 Å². The highest BCUT2D eigenvalue weighted by Gasteiger charge is 2.39. The van der Waals surface area contributed by atoms with Crippen molar-refractivity contribution in [1.82, 2.24) is 10.2 Å². The summed E-state index contributed by atoms with van der Waals surface area (Å²) in [5.41, 5.74) is 9.09. The largest absolute Gasteiger partial charge is 0.457 e. The van der Waals surface area contributed by atoms with Crippen molar-refractivity contribution in [3.8, 4) is 22.6 Å². The average molecular weight is 810 g/mol. The molecule has 0 saturated carbocycles. The highest BCUT2D eigenvalue weighted by atomic mass is 16.7. The number of nitrogens with one attached hydrogen (secondary N) is 2. The van der Waals surface area contributed by atoms with Gasteiger partial charge in [-0.25, -0.2) is 4.79 Å². The molecule has 4 unspecified atom stereocenters. The zero-order chi connectivity index (χ0) is 41.8. The van der Waals surface area contributed by atoms with Gasteiger partial charge in [0.2, 0.25) is 0 Å². The van der Waals surface area contributed by atoms with E-state index in [1.807, 2.05) is 78.9 Å². The highest BCUT2D eigenvalue weighted by Crippen LogP contribution is 2.42. The molecule has 0 spiro atoms. The molecule has 8 heteroatoms. The van der Waals surface area contributed by atoms with Crippen LogP contribution in [0.25, 0.3) is 11.1 Å². The minimum atomic E-state index is -0.588. The lowest BCUT2D eigenvalue weighted by atomic mass is 9.89. The maximum absolute atomic E-state index is 12.8. The maximum Gasteiger partial charge on any atom is 0.319 e. The summed E-state index contributed by atoms with van der Waals surface area (Å²) in [6.45, 7) is 4.86. The van der Waals surface area contributed by atoms with E-state index in [4.69, 9.17) is 14.2 Å². The summed E-state index contributed by atoms with van der Waals surface area (Å²) >= 11 is 0. The Morgan fingerprint density at radius 1 is 0.607 bits per heavy atom. The molecular formula is C53H51N3O5. The summed E-state index contributed by atoms with van der Waals surface area (Å²) in [6.07, 6.45) is -0.946. The zero-order valence-electron chi connectivity index (χ0n) is 34.3. The van der Waals surface area contributed by atoms with Gasteiger partial charge in [0.1, 0.15) is 11.5 Å². The van der Waals surface area contributed by atoms with Crippen LogP contribution in [0.5, 0.6) is 11.5 Å². The van der Waals surface area contributed by atoms with Crippen molar-refractivity contribution in [3.63, 3.8) is 0 Å². The predicted molar refractivity (Wildman–Crippen MR) is 241 cm³/mol. The van der Waals surface area contributed by atoms with E-state index in [0.717, 1.165) is 52.2 Å². The van der Waals surface area contributed by atoms with Crippen molar-refractivity contribution in [1.29, 1.82) is 0 Å². The van der Waals surface area contributed by atoms with Crippen molar-refractivity contribution >= 4 is 11.7 Å². The van der Waals surface area contributed by atoms with Gasteiger partial charge in [0.15, 0.2) is 6.29 Å². The number of urea groups is 1. The number of benzene rings is 7. The summed E-state index contributed by atoms with van der Waals surface area (Å²) < 4.78 is 19.6. The van der Waals surface area contributed by atoms with Crippen LogP contribution in [0.4, 0.5) is 10.5 Å². The summed E-state index contributed by atoms with van der Waals surface area (Å²) in [6, 6.07) is 62.3. The molecular weight excluding hydrogens is 759 g/mol. The van der Waals surface area contributed by atoms with Crippen LogP contribution in [0.1, 0.15) is 52.7 Å². The Bertz CT molecular complexity index is 2390.